The van der Waals surface area contributed by atoms with Crippen LogP contribution in [-0.2, 0) is 4.79 Å². The maximum atomic E-state index is 12.1. The van der Waals surface area contributed by atoms with Crippen molar-refractivity contribution < 1.29 is 9.72 Å². The van der Waals surface area contributed by atoms with Crippen LogP contribution in [0.2, 0.25) is 0 Å². The molecule has 0 bridgehead atoms. The molecule has 2 heterocycles. The molecule has 2 aromatic rings. The van der Waals surface area contributed by atoms with Crippen molar-refractivity contribution in [3.05, 3.63) is 50.0 Å². The Labute approximate surface area is 127 Å². The molecule has 106 valence electrons. The molecule has 2 N–H and O–H groups in total. The van der Waals surface area contributed by atoms with E-state index in [1.54, 1.807) is 13.0 Å². The quantitative estimate of drug-likeness (QED) is 0.494. The zero-order valence-electron chi connectivity index (χ0n) is 10.8. The van der Waals surface area contributed by atoms with E-state index in [-0.39, 0.29) is 16.1 Å². The summed E-state index contributed by atoms with van der Waals surface area (Å²) in [6.07, 6.45) is 3.16. The Kier molecular flexibility index (Phi) is 3.09. The first-order chi connectivity index (χ1) is 9.99. The molecule has 1 aromatic carbocycles. The van der Waals surface area contributed by atoms with E-state index in [0.717, 1.165) is 5.69 Å². The molecule has 7 nitrogen and oxygen atoms in total. The van der Waals surface area contributed by atoms with Crippen LogP contribution in [0.15, 0.2) is 22.9 Å². The van der Waals surface area contributed by atoms with Crippen molar-refractivity contribution in [2.75, 3.05) is 5.32 Å². The highest BCUT2D eigenvalue weighted by Crippen LogP contribution is 2.42. The van der Waals surface area contributed by atoms with Gasteiger partial charge in [0.2, 0.25) is 0 Å². The number of aryl methyl sites for hydroxylation is 1. The van der Waals surface area contributed by atoms with E-state index in [1.807, 2.05) is 0 Å². The van der Waals surface area contributed by atoms with Crippen molar-refractivity contribution in [3.63, 3.8) is 0 Å². The Bertz CT molecular complexity index is 810. The minimum Gasteiger partial charge on any atom is -0.345 e. The first-order valence-electron chi connectivity index (χ1n) is 5.99. The van der Waals surface area contributed by atoms with Gasteiger partial charge >= 0.3 is 0 Å². The van der Waals surface area contributed by atoms with Gasteiger partial charge in [0.1, 0.15) is 4.47 Å². The van der Waals surface area contributed by atoms with E-state index in [9.17, 15) is 14.9 Å². The molecule has 0 atom stereocenters. The fourth-order valence-electron chi connectivity index (χ4n) is 2.18. The van der Waals surface area contributed by atoms with Crippen molar-refractivity contribution in [3.8, 4) is 0 Å². The van der Waals surface area contributed by atoms with Crippen LogP contribution >= 0.6 is 15.9 Å². The Balaban J connectivity index is 2.21. The van der Waals surface area contributed by atoms with Gasteiger partial charge in [0, 0.05) is 11.6 Å². The first kappa shape index (κ1) is 13.5. The maximum Gasteiger partial charge on any atom is 0.284 e. The zero-order valence-corrected chi connectivity index (χ0v) is 12.4. The minimum absolute atomic E-state index is 0.0857. The lowest BCUT2D eigenvalue weighted by Gasteiger charge is -2.03. The second kappa shape index (κ2) is 4.81. The summed E-state index contributed by atoms with van der Waals surface area (Å²) >= 11 is 3.22. The number of hydrogen-bond donors (Lipinski definition) is 2. The second-order valence-corrected chi connectivity index (χ2v) is 5.29. The molecule has 1 aromatic heterocycles. The number of amides is 1. The number of nitro groups is 1. The molecular formula is C13H9BrN4O3. The summed E-state index contributed by atoms with van der Waals surface area (Å²) in [6.45, 7) is 1.80. The molecule has 0 radical (unpaired) electrons. The number of nitrogens with zero attached hydrogens (tertiary/aromatic N) is 2. The molecule has 8 heteroatoms. The van der Waals surface area contributed by atoms with E-state index in [2.05, 4.69) is 31.2 Å². The monoisotopic (exact) mass is 348 g/mol. The van der Waals surface area contributed by atoms with Gasteiger partial charge in [0.15, 0.2) is 0 Å². The number of H-pyrrole nitrogens is 1. The fraction of sp³-hybridized carbons (Fsp3) is 0.0769. The number of rotatable bonds is 2. The number of halogens is 1. The Morgan fingerprint density at radius 3 is 2.81 bits per heavy atom. The molecule has 21 heavy (non-hydrogen) atoms. The summed E-state index contributed by atoms with van der Waals surface area (Å²) in [5, 5.41) is 13.7. The van der Waals surface area contributed by atoms with Crippen molar-refractivity contribution in [2.24, 2.45) is 0 Å². The fourth-order valence-corrected chi connectivity index (χ4v) is 2.88. The van der Waals surface area contributed by atoms with Gasteiger partial charge in [-0.15, -0.1) is 0 Å². The topological polar surface area (TPSA) is 101 Å². The third kappa shape index (κ3) is 2.13. The van der Waals surface area contributed by atoms with E-state index in [0.29, 0.717) is 22.5 Å². The summed E-state index contributed by atoms with van der Waals surface area (Å²) in [7, 11) is 0. The largest absolute Gasteiger partial charge is 0.345 e. The van der Waals surface area contributed by atoms with Crippen molar-refractivity contribution in [1.82, 2.24) is 9.97 Å². The molecular weight excluding hydrogens is 340 g/mol. The number of carbonyl (C=O) groups excluding carboxylic acids is 1. The molecule has 0 unspecified atom stereocenters. The van der Waals surface area contributed by atoms with Crippen LogP contribution in [0.3, 0.4) is 0 Å². The Morgan fingerprint density at radius 2 is 2.19 bits per heavy atom. The molecule has 0 saturated heterocycles. The van der Waals surface area contributed by atoms with Gasteiger partial charge in [-0.2, -0.15) is 0 Å². The number of hydrogen-bond acceptors (Lipinski definition) is 4. The van der Waals surface area contributed by atoms with Gasteiger partial charge in [0.05, 0.1) is 33.9 Å². The molecule has 1 amide bonds. The number of aromatic amines is 1. The predicted octanol–water partition coefficient (Wildman–Crippen LogP) is 2.88. The lowest BCUT2D eigenvalue weighted by Crippen LogP contribution is -2.03. The summed E-state index contributed by atoms with van der Waals surface area (Å²) in [4.78, 5) is 29.6. The zero-order chi connectivity index (χ0) is 15.1. The highest BCUT2D eigenvalue weighted by molar-refractivity contribution is 9.10. The highest BCUT2D eigenvalue weighted by atomic mass is 79.9. The molecule has 1 aliphatic heterocycles. The number of fused-ring (bicyclic) bond motifs is 1. The van der Waals surface area contributed by atoms with Gasteiger partial charge in [-0.1, -0.05) is 0 Å². The summed E-state index contributed by atoms with van der Waals surface area (Å²) in [5.74, 6) is -0.305. The van der Waals surface area contributed by atoms with Gasteiger partial charge in [-0.3, -0.25) is 14.9 Å². The number of imidazole rings is 1. The van der Waals surface area contributed by atoms with Gasteiger partial charge in [0.25, 0.3) is 11.6 Å². The van der Waals surface area contributed by atoms with Crippen LogP contribution in [-0.4, -0.2) is 20.8 Å². The van der Waals surface area contributed by atoms with Crippen molar-refractivity contribution in [2.45, 2.75) is 6.92 Å². The molecule has 0 aliphatic carbocycles. The SMILES string of the molecule is Cc1nc[nH]c1C=C1C(=O)Nc2ccc([N+](=O)[O-])c(Br)c21. The van der Waals surface area contributed by atoms with E-state index >= 15 is 0 Å². The van der Waals surface area contributed by atoms with Crippen LogP contribution in [0, 0.1) is 17.0 Å². The number of anilines is 1. The van der Waals surface area contributed by atoms with Gasteiger partial charge in [-0.05, 0) is 35.0 Å². The smallest absolute Gasteiger partial charge is 0.284 e. The lowest BCUT2D eigenvalue weighted by atomic mass is 10.0. The van der Waals surface area contributed by atoms with Crippen LogP contribution in [0.25, 0.3) is 11.6 Å². The number of benzene rings is 1. The average Bonchev–Trinajstić information content (AvgIpc) is 2.95. The van der Waals surface area contributed by atoms with E-state index in [4.69, 9.17) is 0 Å². The normalized spacial score (nSPS) is 15.1. The Morgan fingerprint density at radius 1 is 1.43 bits per heavy atom. The third-order valence-electron chi connectivity index (χ3n) is 3.24. The van der Waals surface area contributed by atoms with Crippen LogP contribution in [0.5, 0.6) is 0 Å². The average molecular weight is 349 g/mol. The van der Waals surface area contributed by atoms with Crippen LogP contribution < -0.4 is 5.32 Å². The predicted molar refractivity (Wildman–Crippen MR) is 80.6 cm³/mol. The molecule has 0 fully saturated rings. The van der Waals surface area contributed by atoms with Crippen molar-refractivity contribution >= 4 is 44.9 Å². The number of nitro benzene ring substituents is 1. The van der Waals surface area contributed by atoms with Crippen LogP contribution in [0.4, 0.5) is 11.4 Å². The number of nitrogens with one attached hydrogen (secondary N) is 2. The maximum absolute atomic E-state index is 12.1. The second-order valence-electron chi connectivity index (χ2n) is 4.49. The third-order valence-corrected chi connectivity index (χ3v) is 4.04. The molecule has 0 saturated carbocycles. The number of aromatic nitrogens is 2. The standard InChI is InChI=1S/C13H9BrN4O3/c1-6-9(16-5-15-6)4-7-11-8(17-13(7)19)2-3-10(12(11)14)18(20)21/h2-5H,1H3,(H,15,16)(H,17,19). The number of carbonyl (C=O) groups is 1. The van der Waals surface area contributed by atoms with Crippen molar-refractivity contribution in [1.29, 1.82) is 0 Å². The summed E-state index contributed by atoms with van der Waals surface area (Å²) in [5.41, 5.74) is 2.73. The van der Waals surface area contributed by atoms with E-state index < -0.39 is 4.92 Å². The first-order valence-corrected chi connectivity index (χ1v) is 6.78. The van der Waals surface area contributed by atoms with E-state index in [1.165, 1.54) is 18.5 Å². The minimum atomic E-state index is -0.494. The lowest BCUT2D eigenvalue weighted by molar-refractivity contribution is -0.385. The summed E-state index contributed by atoms with van der Waals surface area (Å²) < 4.78 is 0.284. The Hall–Kier alpha value is -2.48. The summed E-state index contributed by atoms with van der Waals surface area (Å²) in [6, 6.07) is 2.88. The van der Waals surface area contributed by atoms with Gasteiger partial charge < -0.3 is 10.3 Å². The highest BCUT2D eigenvalue weighted by Gasteiger charge is 2.30. The molecule has 0 spiro atoms. The molecule has 3 rings (SSSR count). The van der Waals surface area contributed by atoms with Gasteiger partial charge in [-0.25, -0.2) is 4.98 Å². The molecule has 1 aliphatic rings. The van der Waals surface area contributed by atoms with Crippen LogP contribution in [0.1, 0.15) is 17.0 Å².